The SMILES string of the molecule is CC1Cc2[nH]nc3ccnc(c23)N(C2CCOCC2)C1. The third-order valence-corrected chi connectivity index (χ3v) is 4.49. The zero-order valence-corrected chi connectivity index (χ0v) is 11.8. The average Bonchev–Trinajstić information content (AvgIpc) is 2.82. The average molecular weight is 272 g/mol. The van der Waals surface area contributed by atoms with Crippen molar-refractivity contribution in [2.45, 2.75) is 32.2 Å². The van der Waals surface area contributed by atoms with Crippen LogP contribution in [0.1, 0.15) is 25.5 Å². The molecule has 1 saturated heterocycles. The van der Waals surface area contributed by atoms with Crippen LogP contribution in [0, 0.1) is 5.92 Å². The van der Waals surface area contributed by atoms with Crippen molar-refractivity contribution in [1.29, 1.82) is 0 Å². The quantitative estimate of drug-likeness (QED) is 0.864. The Morgan fingerprint density at radius 2 is 2.20 bits per heavy atom. The van der Waals surface area contributed by atoms with Crippen molar-refractivity contribution in [2.75, 3.05) is 24.7 Å². The lowest BCUT2D eigenvalue weighted by Crippen LogP contribution is -2.42. The van der Waals surface area contributed by atoms with Crippen molar-refractivity contribution in [2.24, 2.45) is 5.92 Å². The highest BCUT2D eigenvalue weighted by atomic mass is 16.5. The van der Waals surface area contributed by atoms with Crippen LogP contribution in [0.15, 0.2) is 12.3 Å². The second kappa shape index (κ2) is 4.74. The van der Waals surface area contributed by atoms with Crippen molar-refractivity contribution in [3.05, 3.63) is 18.0 Å². The molecule has 0 aromatic carbocycles. The molecule has 5 heteroatoms. The lowest BCUT2D eigenvalue weighted by Gasteiger charge is -2.36. The Morgan fingerprint density at radius 1 is 1.35 bits per heavy atom. The third-order valence-electron chi connectivity index (χ3n) is 4.49. The van der Waals surface area contributed by atoms with E-state index in [-0.39, 0.29) is 0 Å². The van der Waals surface area contributed by atoms with Crippen LogP contribution in [0.4, 0.5) is 5.82 Å². The maximum atomic E-state index is 5.51. The molecule has 1 atom stereocenters. The van der Waals surface area contributed by atoms with Gasteiger partial charge in [0.05, 0.1) is 10.9 Å². The number of aromatic nitrogens is 3. The van der Waals surface area contributed by atoms with Gasteiger partial charge in [-0.05, 0) is 31.2 Å². The molecule has 0 aliphatic carbocycles. The normalized spacial score (nSPS) is 24.1. The number of hydrogen-bond acceptors (Lipinski definition) is 4. The number of rotatable bonds is 1. The lowest BCUT2D eigenvalue weighted by molar-refractivity contribution is 0.0838. The molecule has 4 rings (SSSR count). The predicted octanol–water partition coefficient (Wildman–Crippen LogP) is 2.14. The number of ether oxygens (including phenoxy) is 1. The highest BCUT2D eigenvalue weighted by molar-refractivity contribution is 5.92. The van der Waals surface area contributed by atoms with Gasteiger partial charge in [0.1, 0.15) is 5.82 Å². The molecule has 20 heavy (non-hydrogen) atoms. The summed E-state index contributed by atoms with van der Waals surface area (Å²) in [6, 6.07) is 2.54. The number of hydrogen-bond donors (Lipinski definition) is 1. The van der Waals surface area contributed by atoms with Crippen molar-refractivity contribution < 1.29 is 4.74 Å². The van der Waals surface area contributed by atoms with E-state index < -0.39 is 0 Å². The standard InChI is InChI=1S/C15H20N4O/c1-10-8-13-14-12(17-18-13)2-5-16-15(14)19(9-10)11-3-6-20-7-4-11/h2,5,10-11H,3-4,6-9H2,1H3,(H,17,18). The van der Waals surface area contributed by atoms with Crippen molar-refractivity contribution in [1.82, 2.24) is 15.2 Å². The molecule has 0 bridgehead atoms. The van der Waals surface area contributed by atoms with Crippen molar-refractivity contribution in [3.63, 3.8) is 0 Å². The van der Waals surface area contributed by atoms with Gasteiger partial charge in [0.25, 0.3) is 0 Å². The van der Waals surface area contributed by atoms with Crippen LogP contribution < -0.4 is 4.90 Å². The van der Waals surface area contributed by atoms with Crippen LogP contribution in [-0.2, 0) is 11.2 Å². The van der Waals surface area contributed by atoms with Crippen LogP contribution >= 0.6 is 0 Å². The summed E-state index contributed by atoms with van der Waals surface area (Å²) in [6.45, 7) is 5.11. The van der Waals surface area contributed by atoms with Crippen LogP contribution in [0.5, 0.6) is 0 Å². The molecule has 2 aromatic heterocycles. The van der Waals surface area contributed by atoms with Gasteiger partial charge in [0.2, 0.25) is 0 Å². The first-order chi connectivity index (χ1) is 9.83. The van der Waals surface area contributed by atoms with Crippen molar-refractivity contribution in [3.8, 4) is 0 Å². The van der Waals surface area contributed by atoms with Gasteiger partial charge in [-0.3, -0.25) is 5.10 Å². The summed E-state index contributed by atoms with van der Waals surface area (Å²) in [5, 5.41) is 8.86. The first kappa shape index (κ1) is 12.1. The lowest BCUT2D eigenvalue weighted by atomic mass is 10.0. The third kappa shape index (κ3) is 1.88. The molecule has 5 nitrogen and oxygen atoms in total. The first-order valence-electron chi connectivity index (χ1n) is 7.49. The van der Waals surface area contributed by atoms with Crippen LogP contribution in [-0.4, -0.2) is 41.0 Å². The fourth-order valence-electron chi connectivity index (χ4n) is 3.53. The maximum Gasteiger partial charge on any atom is 0.140 e. The Kier molecular flexibility index (Phi) is 2.88. The maximum absolute atomic E-state index is 5.51. The summed E-state index contributed by atoms with van der Waals surface area (Å²) in [5.41, 5.74) is 2.28. The molecule has 1 fully saturated rings. The van der Waals surface area contributed by atoms with E-state index in [9.17, 15) is 0 Å². The Morgan fingerprint density at radius 3 is 3.05 bits per heavy atom. The summed E-state index contributed by atoms with van der Waals surface area (Å²) in [7, 11) is 0. The van der Waals surface area contributed by atoms with Crippen LogP contribution in [0.3, 0.4) is 0 Å². The van der Waals surface area contributed by atoms with Crippen LogP contribution in [0.25, 0.3) is 10.9 Å². The second-order valence-electron chi connectivity index (χ2n) is 6.04. The van der Waals surface area contributed by atoms with Gasteiger partial charge in [0.15, 0.2) is 0 Å². The van der Waals surface area contributed by atoms with E-state index in [0.717, 1.165) is 50.4 Å². The van der Waals surface area contributed by atoms with Gasteiger partial charge >= 0.3 is 0 Å². The Hall–Kier alpha value is -1.62. The van der Waals surface area contributed by atoms with Crippen LogP contribution in [0.2, 0.25) is 0 Å². The van der Waals surface area contributed by atoms with Gasteiger partial charge in [0, 0.05) is 37.7 Å². The molecule has 2 aromatic rings. The molecule has 0 amide bonds. The smallest absolute Gasteiger partial charge is 0.140 e. The van der Waals surface area contributed by atoms with E-state index in [4.69, 9.17) is 4.74 Å². The molecule has 106 valence electrons. The molecule has 4 heterocycles. The number of nitrogens with zero attached hydrogens (tertiary/aromatic N) is 3. The fraction of sp³-hybridized carbons (Fsp3) is 0.600. The minimum Gasteiger partial charge on any atom is -0.381 e. The van der Waals surface area contributed by atoms with Gasteiger partial charge in [-0.1, -0.05) is 6.92 Å². The zero-order chi connectivity index (χ0) is 13.5. The first-order valence-corrected chi connectivity index (χ1v) is 7.49. The minimum absolute atomic E-state index is 0.546. The van der Waals surface area contributed by atoms with E-state index in [1.165, 1.54) is 11.1 Å². The number of nitrogens with one attached hydrogen (secondary N) is 1. The van der Waals surface area contributed by atoms with Gasteiger partial charge in [-0.2, -0.15) is 5.10 Å². The zero-order valence-electron chi connectivity index (χ0n) is 11.8. The Balaban J connectivity index is 1.83. The molecule has 0 spiro atoms. The highest BCUT2D eigenvalue weighted by Crippen LogP contribution is 2.34. The van der Waals surface area contributed by atoms with Gasteiger partial charge < -0.3 is 9.64 Å². The number of aromatic amines is 1. The molecule has 0 radical (unpaired) electrons. The number of H-pyrrole nitrogens is 1. The molecule has 1 N–H and O–H groups in total. The Labute approximate surface area is 118 Å². The predicted molar refractivity (Wildman–Crippen MR) is 77.9 cm³/mol. The van der Waals surface area contributed by atoms with E-state index in [1.807, 2.05) is 12.3 Å². The van der Waals surface area contributed by atoms with E-state index >= 15 is 0 Å². The summed E-state index contributed by atoms with van der Waals surface area (Å²) in [6.07, 6.45) is 5.12. The molecule has 0 saturated carbocycles. The summed E-state index contributed by atoms with van der Waals surface area (Å²) >= 11 is 0. The molecular formula is C15H20N4O. The second-order valence-corrected chi connectivity index (χ2v) is 6.04. The summed E-state index contributed by atoms with van der Waals surface area (Å²) in [5.74, 6) is 1.72. The molecule has 1 unspecified atom stereocenters. The Bertz CT molecular complexity index is 617. The fourth-order valence-corrected chi connectivity index (χ4v) is 3.53. The van der Waals surface area contributed by atoms with Gasteiger partial charge in [-0.25, -0.2) is 4.98 Å². The van der Waals surface area contributed by atoms with Crippen molar-refractivity contribution >= 4 is 16.7 Å². The topological polar surface area (TPSA) is 54.0 Å². The minimum atomic E-state index is 0.546. The van der Waals surface area contributed by atoms with E-state index in [0.29, 0.717) is 12.0 Å². The molecule has 2 aliphatic heterocycles. The summed E-state index contributed by atoms with van der Waals surface area (Å²) in [4.78, 5) is 7.19. The molecular weight excluding hydrogens is 252 g/mol. The highest BCUT2D eigenvalue weighted by Gasteiger charge is 2.29. The van der Waals surface area contributed by atoms with E-state index in [2.05, 4.69) is 27.0 Å². The monoisotopic (exact) mass is 272 g/mol. The van der Waals surface area contributed by atoms with E-state index in [1.54, 1.807) is 0 Å². The van der Waals surface area contributed by atoms with Gasteiger partial charge in [-0.15, -0.1) is 0 Å². The number of pyridine rings is 1. The molecule has 2 aliphatic rings. The summed E-state index contributed by atoms with van der Waals surface area (Å²) < 4.78 is 5.51. The largest absolute Gasteiger partial charge is 0.381 e. The number of anilines is 1.